The number of carbonyl (C=O) groups is 1. The van der Waals surface area contributed by atoms with Crippen LogP contribution in [0.3, 0.4) is 0 Å². The molecule has 2 rings (SSSR count). The van der Waals surface area contributed by atoms with E-state index in [2.05, 4.69) is 30.4 Å². The van der Waals surface area contributed by atoms with Crippen molar-refractivity contribution in [2.45, 2.75) is 13.5 Å². The number of rotatable bonds is 6. The van der Waals surface area contributed by atoms with Crippen LogP contribution in [0, 0.1) is 6.92 Å². The fourth-order valence-corrected chi connectivity index (χ4v) is 2.56. The molecule has 0 radical (unpaired) electrons. The van der Waals surface area contributed by atoms with Crippen molar-refractivity contribution in [3.63, 3.8) is 0 Å². The Morgan fingerprint density at radius 3 is 2.74 bits per heavy atom. The van der Waals surface area contributed by atoms with E-state index in [1.54, 1.807) is 25.3 Å². The van der Waals surface area contributed by atoms with Crippen molar-refractivity contribution >= 4 is 23.2 Å². The molecule has 1 amide bonds. The fourth-order valence-electron chi connectivity index (χ4n) is 2.39. The molecule has 0 bridgehead atoms. The molecule has 0 heterocycles. The lowest BCUT2D eigenvalue weighted by Gasteiger charge is -2.17. The number of benzene rings is 2. The van der Waals surface area contributed by atoms with Crippen LogP contribution < -0.4 is 10.1 Å². The van der Waals surface area contributed by atoms with E-state index >= 15 is 0 Å². The maximum Gasteiger partial charge on any atom is 0.238 e. The molecule has 0 unspecified atom stereocenters. The van der Waals surface area contributed by atoms with Crippen molar-refractivity contribution in [1.82, 2.24) is 4.90 Å². The fraction of sp³-hybridized carbons (Fsp3) is 0.278. The predicted octanol–water partition coefficient (Wildman–Crippen LogP) is 3.73. The molecule has 2 aromatic carbocycles. The quantitative estimate of drug-likeness (QED) is 0.876. The van der Waals surface area contributed by atoms with Crippen molar-refractivity contribution in [1.29, 1.82) is 0 Å². The average Bonchev–Trinajstić information content (AvgIpc) is 2.47. The number of anilines is 1. The number of halogens is 1. The lowest BCUT2D eigenvalue weighted by atomic mass is 10.1. The van der Waals surface area contributed by atoms with Gasteiger partial charge in [0.2, 0.25) is 5.91 Å². The summed E-state index contributed by atoms with van der Waals surface area (Å²) in [7, 11) is 3.47. The highest BCUT2D eigenvalue weighted by Gasteiger charge is 2.11. The first-order valence-corrected chi connectivity index (χ1v) is 7.73. The first kappa shape index (κ1) is 17.3. The summed E-state index contributed by atoms with van der Waals surface area (Å²) in [5.41, 5.74) is 2.97. The zero-order chi connectivity index (χ0) is 16.8. The molecule has 0 fully saturated rings. The molecular formula is C18H21ClN2O2. The Morgan fingerprint density at radius 1 is 1.26 bits per heavy atom. The molecular weight excluding hydrogens is 312 g/mol. The molecule has 23 heavy (non-hydrogen) atoms. The van der Waals surface area contributed by atoms with E-state index in [0.717, 1.165) is 0 Å². The molecule has 0 atom stereocenters. The summed E-state index contributed by atoms with van der Waals surface area (Å²) in [6, 6.07) is 13.4. The van der Waals surface area contributed by atoms with E-state index < -0.39 is 0 Å². The number of likely N-dealkylation sites (N-methyl/N-ethyl adjacent to an activating group) is 1. The van der Waals surface area contributed by atoms with E-state index in [1.807, 2.05) is 18.0 Å². The van der Waals surface area contributed by atoms with Crippen molar-refractivity contribution in [2.75, 3.05) is 26.0 Å². The minimum absolute atomic E-state index is 0.110. The number of carbonyl (C=O) groups excluding carboxylic acids is 1. The van der Waals surface area contributed by atoms with Gasteiger partial charge in [0.15, 0.2) is 0 Å². The van der Waals surface area contributed by atoms with E-state index in [4.69, 9.17) is 16.3 Å². The maximum absolute atomic E-state index is 12.2. The monoisotopic (exact) mass is 332 g/mol. The Kier molecular flexibility index (Phi) is 6.02. The highest BCUT2D eigenvalue weighted by molar-refractivity contribution is 6.31. The molecule has 0 saturated heterocycles. The first-order valence-electron chi connectivity index (χ1n) is 7.35. The molecule has 1 N–H and O–H groups in total. The normalized spacial score (nSPS) is 10.7. The second kappa shape index (κ2) is 7.99. The molecule has 122 valence electrons. The van der Waals surface area contributed by atoms with E-state index in [9.17, 15) is 4.79 Å². The second-order valence-electron chi connectivity index (χ2n) is 5.55. The number of methoxy groups -OCH3 is 1. The smallest absolute Gasteiger partial charge is 0.238 e. The predicted molar refractivity (Wildman–Crippen MR) is 94.1 cm³/mol. The van der Waals surface area contributed by atoms with Gasteiger partial charge in [-0.1, -0.05) is 41.4 Å². The third-order valence-corrected chi connectivity index (χ3v) is 3.62. The Morgan fingerprint density at radius 2 is 2.04 bits per heavy atom. The highest BCUT2D eigenvalue weighted by Crippen LogP contribution is 2.27. The van der Waals surface area contributed by atoms with Gasteiger partial charge in [0, 0.05) is 11.6 Å². The van der Waals surface area contributed by atoms with Crippen molar-refractivity contribution in [3.05, 3.63) is 58.6 Å². The lowest BCUT2D eigenvalue weighted by Crippen LogP contribution is -2.30. The number of nitrogens with one attached hydrogen (secondary N) is 1. The minimum atomic E-state index is -0.110. The highest BCUT2D eigenvalue weighted by atomic mass is 35.5. The van der Waals surface area contributed by atoms with Crippen LogP contribution in [0.4, 0.5) is 5.69 Å². The average molecular weight is 333 g/mol. The zero-order valence-corrected chi connectivity index (χ0v) is 14.4. The summed E-state index contributed by atoms with van der Waals surface area (Å²) in [6.07, 6.45) is 0. The molecule has 0 aliphatic rings. The van der Waals surface area contributed by atoms with Crippen molar-refractivity contribution in [2.24, 2.45) is 0 Å². The third-order valence-electron chi connectivity index (χ3n) is 3.38. The Hall–Kier alpha value is -2.04. The number of nitrogens with zero attached hydrogens (tertiary/aromatic N) is 1. The van der Waals surface area contributed by atoms with Gasteiger partial charge in [-0.3, -0.25) is 9.69 Å². The van der Waals surface area contributed by atoms with Gasteiger partial charge >= 0.3 is 0 Å². The molecule has 0 spiro atoms. The van der Waals surface area contributed by atoms with Crippen LogP contribution >= 0.6 is 11.6 Å². The summed E-state index contributed by atoms with van der Waals surface area (Å²) >= 11 is 5.97. The Bertz CT molecular complexity index is 688. The number of aryl methyl sites for hydroxylation is 1. The van der Waals surface area contributed by atoms with Gasteiger partial charge in [-0.05, 0) is 37.7 Å². The van der Waals surface area contributed by atoms with Crippen LogP contribution in [-0.4, -0.2) is 31.5 Å². The first-order chi connectivity index (χ1) is 11.0. The van der Waals surface area contributed by atoms with Crippen LogP contribution in [0.25, 0.3) is 0 Å². The SMILES string of the molecule is COc1ccc(Cl)cc1NC(=O)CN(C)Cc1cccc(C)c1. The third kappa shape index (κ3) is 5.27. The van der Waals surface area contributed by atoms with Crippen LogP contribution in [0.15, 0.2) is 42.5 Å². The Labute approximate surface area is 142 Å². The molecule has 2 aromatic rings. The van der Waals surface area contributed by atoms with E-state index in [1.165, 1.54) is 11.1 Å². The minimum Gasteiger partial charge on any atom is -0.495 e. The Balaban J connectivity index is 1.95. The largest absolute Gasteiger partial charge is 0.495 e. The van der Waals surface area contributed by atoms with Gasteiger partial charge < -0.3 is 10.1 Å². The summed E-state index contributed by atoms with van der Waals surface area (Å²) in [5, 5.41) is 3.39. The van der Waals surface area contributed by atoms with Gasteiger partial charge in [0.05, 0.1) is 19.3 Å². The van der Waals surface area contributed by atoms with Crippen molar-refractivity contribution in [3.8, 4) is 5.75 Å². The molecule has 0 aromatic heterocycles. The van der Waals surface area contributed by atoms with Gasteiger partial charge in [-0.25, -0.2) is 0 Å². The number of amides is 1. The summed E-state index contributed by atoms with van der Waals surface area (Å²) < 4.78 is 5.23. The standard InChI is InChI=1S/C18H21ClN2O2/c1-13-5-4-6-14(9-13)11-21(2)12-18(22)20-16-10-15(19)7-8-17(16)23-3/h4-10H,11-12H2,1-3H3,(H,20,22). The van der Waals surface area contributed by atoms with E-state index in [-0.39, 0.29) is 12.5 Å². The van der Waals surface area contributed by atoms with Gasteiger partial charge in [0.25, 0.3) is 0 Å². The maximum atomic E-state index is 12.2. The molecule has 0 aliphatic carbocycles. The molecule has 4 nitrogen and oxygen atoms in total. The second-order valence-corrected chi connectivity index (χ2v) is 5.99. The number of ether oxygens (including phenoxy) is 1. The van der Waals surface area contributed by atoms with E-state index in [0.29, 0.717) is 23.0 Å². The summed E-state index contributed by atoms with van der Waals surface area (Å²) in [5.74, 6) is 0.477. The van der Waals surface area contributed by atoms with Gasteiger partial charge in [-0.15, -0.1) is 0 Å². The topological polar surface area (TPSA) is 41.6 Å². The zero-order valence-electron chi connectivity index (χ0n) is 13.6. The number of hydrogen-bond acceptors (Lipinski definition) is 3. The molecule has 0 aliphatic heterocycles. The van der Waals surface area contributed by atoms with Gasteiger partial charge in [0.1, 0.15) is 5.75 Å². The molecule has 5 heteroatoms. The van der Waals surface area contributed by atoms with Crippen LogP contribution in [-0.2, 0) is 11.3 Å². The van der Waals surface area contributed by atoms with Crippen LogP contribution in [0.1, 0.15) is 11.1 Å². The molecule has 0 saturated carbocycles. The van der Waals surface area contributed by atoms with Crippen LogP contribution in [0.2, 0.25) is 5.02 Å². The van der Waals surface area contributed by atoms with Gasteiger partial charge in [-0.2, -0.15) is 0 Å². The van der Waals surface area contributed by atoms with Crippen LogP contribution in [0.5, 0.6) is 5.75 Å². The summed E-state index contributed by atoms with van der Waals surface area (Å²) in [6.45, 7) is 3.05. The lowest BCUT2D eigenvalue weighted by molar-refractivity contribution is -0.117. The number of hydrogen-bond donors (Lipinski definition) is 1. The van der Waals surface area contributed by atoms with Crippen molar-refractivity contribution < 1.29 is 9.53 Å². The summed E-state index contributed by atoms with van der Waals surface area (Å²) in [4.78, 5) is 14.2.